The Kier molecular flexibility index (Phi) is 15.2. The molecule has 0 unspecified atom stereocenters. The quantitative estimate of drug-likeness (QED) is 0.0520. The third-order valence-electron chi connectivity index (χ3n) is 7.76. The Morgan fingerprint density at radius 3 is 0.759 bits per heavy atom. The molecule has 0 aliphatic carbocycles. The van der Waals surface area contributed by atoms with Gasteiger partial charge in [0.25, 0.3) is 0 Å². The number of benzene rings is 7. The Morgan fingerprint density at radius 2 is 0.556 bits per heavy atom. The highest BCUT2D eigenvalue weighted by atomic mass is 31.1. The van der Waals surface area contributed by atoms with Crippen LogP contribution in [0.4, 0.5) is 22.0 Å². The summed E-state index contributed by atoms with van der Waals surface area (Å²) in [5.74, 6) is -10.7. The highest BCUT2D eigenvalue weighted by molar-refractivity contribution is 7.80. The molecule has 7 aromatic rings. The molecule has 0 aliphatic rings. The van der Waals surface area contributed by atoms with Gasteiger partial charge in [0.05, 0.1) is 12.2 Å². The van der Waals surface area contributed by atoms with E-state index in [4.69, 9.17) is 10.0 Å². The molecule has 2 N–H and O–H groups in total. The first-order valence-corrected chi connectivity index (χ1v) is 19.3. The third kappa shape index (κ3) is 10.8. The minimum atomic E-state index is -2.38. The third-order valence-corrected chi connectivity index (χ3v) is 12.7. The maximum Gasteiger partial charge on any atom is 0.634 e. The predicted molar refractivity (Wildman–Crippen MR) is 212 cm³/mol. The van der Waals surface area contributed by atoms with Crippen molar-refractivity contribution in [1.82, 2.24) is 0 Å². The van der Waals surface area contributed by atoms with Gasteiger partial charge in [-0.25, -0.2) is 22.0 Å². The summed E-state index contributed by atoms with van der Waals surface area (Å²) in [6.45, 7) is -1.16. The molecule has 0 radical (unpaired) electrons. The normalized spacial score (nSPS) is 10.6. The van der Waals surface area contributed by atoms with E-state index in [1.54, 1.807) is 0 Å². The van der Waals surface area contributed by atoms with Crippen LogP contribution in [0.25, 0.3) is 0 Å². The fourth-order valence-corrected chi connectivity index (χ4v) is 9.90. The zero-order valence-corrected chi connectivity index (χ0v) is 30.5. The van der Waals surface area contributed by atoms with Gasteiger partial charge in [-0.1, -0.05) is 182 Å². The van der Waals surface area contributed by atoms with Gasteiger partial charge in [0.2, 0.25) is 5.82 Å². The Morgan fingerprint density at radius 1 is 0.352 bits per heavy atom. The van der Waals surface area contributed by atoms with Gasteiger partial charge in [-0.05, 0) is 47.7 Å². The summed E-state index contributed by atoms with van der Waals surface area (Å²) in [5, 5.41) is 24.8. The van der Waals surface area contributed by atoms with Crippen LogP contribution in [0, 0.1) is 29.1 Å². The van der Waals surface area contributed by atoms with Crippen molar-refractivity contribution in [1.29, 1.82) is 0 Å². The van der Waals surface area contributed by atoms with Crippen molar-refractivity contribution in [2.75, 3.05) is 0 Å². The minimum Gasteiger partial charge on any atom is -0.402 e. The molecule has 0 amide bonds. The van der Waals surface area contributed by atoms with Gasteiger partial charge in [0.1, 0.15) is 0 Å². The standard InChI is InChI=1S/2C18H15P.C7H4BF5O3/c2*1-4-10-16(11-5-1)19(17-12-6-2-7-13-17)18-14-8-3-9-15-18;9-3-2(1-16-8(14)15)4(10)6(12)7(13)5(3)11/h2*1-15H;14-15H,1H2. The molecule has 7 aromatic carbocycles. The summed E-state index contributed by atoms with van der Waals surface area (Å²) in [7, 11) is -3.27. The summed E-state index contributed by atoms with van der Waals surface area (Å²) in [5.41, 5.74) is -1.27. The maximum absolute atomic E-state index is 12.9. The molecule has 0 spiro atoms. The van der Waals surface area contributed by atoms with E-state index in [1.165, 1.54) is 31.8 Å². The Balaban J connectivity index is 0.000000157. The van der Waals surface area contributed by atoms with E-state index in [-0.39, 0.29) is 0 Å². The molecule has 11 heteroatoms. The van der Waals surface area contributed by atoms with Crippen LogP contribution in [0.5, 0.6) is 0 Å². The molecular formula is C43H34BF5O3P2. The predicted octanol–water partition coefficient (Wildman–Crippen LogP) is 7.76. The van der Waals surface area contributed by atoms with Gasteiger partial charge in [-0.2, -0.15) is 0 Å². The van der Waals surface area contributed by atoms with E-state index in [0.29, 0.717) is 0 Å². The van der Waals surface area contributed by atoms with Crippen molar-refractivity contribution in [3.8, 4) is 0 Å². The Hall–Kier alpha value is -5.01. The molecule has 0 saturated carbocycles. The van der Waals surface area contributed by atoms with Gasteiger partial charge in [0, 0.05) is 0 Å². The van der Waals surface area contributed by atoms with E-state index >= 15 is 0 Å². The lowest BCUT2D eigenvalue weighted by Crippen LogP contribution is -2.20. The van der Waals surface area contributed by atoms with Crippen molar-refractivity contribution in [2.45, 2.75) is 6.61 Å². The van der Waals surface area contributed by atoms with Crippen LogP contribution in [-0.4, -0.2) is 17.4 Å². The molecular weight excluding hydrogens is 732 g/mol. The zero-order valence-electron chi connectivity index (χ0n) is 28.7. The molecule has 0 aromatic heterocycles. The van der Waals surface area contributed by atoms with Crippen LogP contribution in [0.15, 0.2) is 182 Å². The van der Waals surface area contributed by atoms with Crippen molar-refractivity contribution in [3.05, 3.63) is 217 Å². The molecule has 0 fully saturated rings. The van der Waals surface area contributed by atoms with Crippen LogP contribution in [0.2, 0.25) is 0 Å². The lowest BCUT2D eigenvalue weighted by atomic mass is 10.1. The van der Waals surface area contributed by atoms with Gasteiger partial charge >= 0.3 is 7.32 Å². The SMILES string of the molecule is OB(O)OCc1c(F)c(F)c(F)c(F)c1F.c1ccc(P(c2ccccc2)c2ccccc2)cc1.c1ccc(P(c2ccccc2)c2ccccc2)cc1. The second-order valence-electron chi connectivity index (χ2n) is 11.4. The second-order valence-corrected chi connectivity index (χ2v) is 15.8. The lowest BCUT2D eigenvalue weighted by molar-refractivity contribution is 0.170. The second kappa shape index (κ2) is 20.5. The van der Waals surface area contributed by atoms with E-state index in [0.717, 1.165) is 0 Å². The average Bonchev–Trinajstić information content (AvgIpc) is 3.22. The molecule has 0 aliphatic heterocycles. The molecule has 0 saturated heterocycles. The monoisotopic (exact) mass is 766 g/mol. The fourth-order valence-electron chi connectivity index (χ4n) is 5.29. The first-order chi connectivity index (χ1) is 26.3. The summed E-state index contributed by atoms with van der Waals surface area (Å²) in [4.78, 5) is 0. The molecule has 7 rings (SSSR count). The summed E-state index contributed by atoms with van der Waals surface area (Å²) >= 11 is 0. The smallest absolute Gasteiger partial charge is 0.402 e. The molecule has 0 bridgehead atoms. The number of hydrogen-bond acceptors (Lipinski definition) is 3. The van der Waals surface area contributed by atoms with Crippen LogP contribution in [0.3, 0.4) is 0 Å². The first-order valence-electron chi connectivity index (χ1n) is 16.6. The van der Waals surface area contributed by atoms with Gasteiger partial charge < -0.3 is 14.7 Å². The van der Waals surface area contributed by atoms with Crippen molar-refractivity contribution < 1.29 is 36.7 Å². The fraction of sp³-hybridized carbons (Fsp3) is 0.0233. The van der Waals surface area contributed by atoms with E-state index < -0.39 is 64.4 Å². The Labute approximate surface area is 314 Å². The maximum atomic E-state index is 12.9. The van der Waals surface area contributed by atoms with Crippen LogP contribution in [0.1, 0.15) is 5.56 Å². The van der Waals surface area contributed by atoms with Crippen LogP contribution in [-0.2, 0) is 11.3 Å². The van der Waals surface area contributed by atoms with Gasteiger partial charge in [-0.15, -0.1) is 0 Å². The van der Waals surface area contributed by atoms with Crippen molar-refractivity contribution >= 4 is 55.0 Å². The molecule has 0 atom stereocenters. The van der Waals surface area contributed by atoms with Crippen molar-refractivity contribution in [2.24, 2.45) is 0 Å². The van der Waals surface area contributed by atoms with E-state index in [1.807, 2.05) is 0 Å². The van der Waals surface area contributed by atoms with Crippen molar-refractivity contribution in [3.63, 3.8) is 0 Å². The van der Waals surface area contributed by atoms with E-state index in [2.05, 4.69) is 187 Å². The number of halogens is 5. The lowest BCUT2D eigenvalue weighted by Gasteiger charge is -2.18. The van der Waals surface area contributed by atoms with Gasteiger partial charge in [0.15, 0.2) is 23.3 Å². The topological polar surface area (TPSA) is 49.7 Å². The van der Waals surface area contributed by atoms with Crippen LogP contribution < -0.4 is 31.8 Å². The van der Waals surface area contributed by atoms with Gasteiger partial charge in [-0.3, -0.25) is 0 Å². The Bertz CT molecular complexity index is 1820. The number of hydrogen-bond donors (Lipinski definition) is 2. The first kappa shape index (κ1) is 40.2. The largest absolute Gasteiger partial charge is 0.634 e. The highest BCUT2D eigenvalue weighted by Gasteiger charge is 2.26. The highest BCUT2D eigenvalue weighted by Crippen LogP contribution is 2.33. The summed E-state index contributed by atoms with van der Waals surface area (Å²) in [6, 6.07) is 64.7. The molecule has 272 valence electrons. The summed E-state index contributed by atoms with van der Waals surface area (Å²) in [6.07, 6.45) is 0. The molecule has 0 heterocycles. The molecule has 54 heavy (non-hydrogen) atoms. The zero-order chi connectivity index (χ0) is 38.3. The average molecular weight is 766 g/mol. The number of rotatable bonds is 9. The van der Waals surface area contributed by atoms with Crippen LogP contribution >= 0.6 is 15.8 Å². The molecule has 3 nitrogen and oxygen atoms in total. The minimum absolute atomic E-state index is 0.446. The summed E-state index contributed by atoms with van der Waals surface area (Å²) < 4.78 is 67.4. The van der Waals surface area contributed by atoms with E-state index in [9.17, 15) is 22.0 Å².